The van der Waals surface area contributed by atoms with Crippen LogP contribution in [0.1, 0.15) is 18.9 Å². The Kier molecular flexibility index (Phi) is 6.48. The van der Waals surface area contributed by atoms with Gasteiger partial charge in [-0.1, -0.05) is 61.2 Å². The second-order valence-electron chi connectivity index (χ2n) is 7.13. The van der Waals surface area contributed by atoms with Gasteiger partial charge >= 0.3 is 0 Å². The summed E-state index contributed by atoms with van der Waals surface area (Å²) in [6.07, 6.45) is 0.792. The van der Waals surface area contributed by atoms with Gasteiger partial charge in [-0.3, -0.25) is 14.2 Å². The van der Waals surface area contributed by atoms with Crippen LogP contribution in [0, 0.1) is 6.92 Å². The number of hydrogen-bond acceptors (Lipinski definition) is 6. The van der Waals surface area contributed by atoms with Crippen molar-refractivity contribution in [1.29, 1.82) is 0 Å². The summed E-state index contributed by atoms with van der Waals surface area (Å²) < 4.78 is 6.70. The first-order valence-corrected chi connectivity index (χ1v) is 11.8. The molecule has 2 heterocycles. The fourth-order valence-corrected chi connectivity index (χ4v) is 4.87. The largest absolute Gasteiger partial charge is 0.325 e. The van der Waals surface area contributed by atoms with E-state index in [4.69, 9.17) is 4.98 Å². The molecule has 6 nitrogen and oxygen atoms in total. The molecule has 0 fully saturated rings. The van der Waals surface area contributed by atoms with Crippen molar-refractivity contribution in [3.8, 4) is 11.3 Å². The van der Waals surface area contributed by atoms with Gasteiger partial charge in [0.1, 0.15) is 15.9 Å². The molecular formula is C23H22N4O2S2. The molecule has 0 aliphatic heterocycles. The summed E-state index contributed by atoms with van der Waals surface area (Å²) >= 11 is 2.45. The van der Waals surface area contributed by atoms with Gasteiger partial charge in [-0.05, 0) is 42.6 Å². The summed E-state index contributed by atoms with van der Waals surface area (Å²) in [4.78, 5) is 30.4. The van der Waals surface area contributed by atoms with Crippen molar-refractivity contribution in [3.05, 3.63) is 70.5 Å². The Morgan fingerprint density at radius 1 is 1.16 bits per heavy atom. The van der Waals surface area contributed by atoms with Crippen LogP contribution in [0.25, 0.3) is 21.5 Å². The zero-order valence-corrected chi connectivity index (χ0v) is 18.9. The molecule has 4 aromatic rings. The number of benzene rings is 2. The van der Waals surface area contributed by atoms with Crippen LogP contribution in [0.4, 0.5) is 5.69 Å². The highest BCUT2D eigenvalue weighted by Crippen LogP contribution is 2.29. The Bertz CT molecular complexity index is 1280. The Morgan fingerprint density at radius 2 is 1.97 bits per heavy atom. The van der Waals surface area contributed by atoms with Gasteiger partial charge < -0.3 is 5.32 Å². The number of aryl methyl sites for hydroxylation is 1. The van der Waals surface area contributed by atoms with E-state index in [0.29, 0.717) is 27.6 Å². The van der Waals surface area contributed by atoms with Crippen LogP contribution in [-0.2, 0) is 11.3 Å². The van der Waals surface area contributed by atoms with Crippen molar-refractivity contribution in [2.75, 3.05) is 11.1 Å². The molecule has 158 valence electrons. The molecule has 0 unspecified atom stereocenters. The van der Waals surface area contributed by atoms with Gasteiger partial charge in [0.05, 0.1) is 5.75 Å². The molecule has 0 atom stereocenters. The van der Waals surface area contributed by atoms with Crippen LogP contribution in [-0.4, -0.2) is 25.6 Å². The first-order chi connectivity index (χ1) is 15.1. The summed E-state index contributed by atoms with van der Waals surface area (Å²) in [5.41, 5.74) is 3.94. The number of amides is 1. The third-order valence-electron chi connectivity index (χ3n) is 4.67. The van der Waals surface area contributed by atoms with Crippen molar-refractivity contribution in [2.24, 2.45) is 0 Å². The molecule has 0 aliphatic carbocycles. The molecule has 1 amide bonds. The van der Waals surface area contributed by atoms with Crippen molar-refractivity contribution >= 4 is 45.1 Å². The van der Waals surface area contributed by atoms with E-state index in [0.717, 1.165) is 23.2 Å². The summed E-state index contributed by atoms with van der Waals surface area (Å²) in [7, 11) is 0. The number of hydrogen-bond donors (Lipinski definition) is 1. The van der Waals surface area contributed by atoms with Gasteiger partial charge in [-0.2, -0.15) is 4.37 Å². The first-order valence-electron chi connectivity index (χ1n) is 10.0. The second kappa shape index (κ2) is 9.45. The number of nitrogens with zero attached hydrogens (tertiary/aromatic N) is 3. The van der Waals surface area contributed by atoms with E-state index in [1.165, 1.54) is 23.3 Å². The van der Waals surface area contributed by atoms with Crippen molar-refractivity contribution in [3.63, 3.8) is 0 Å². The Labute approximate surface area is 188 Å². The highest BCUT2D eigenvalue weighted by molar-refractivity contribution is 7.99. The molecule has 0 radical (unpaired) electrons. The van der Waals surface area contributed by atoms with Crippen molar-refractivity contribution < 1.29 is 4.79 Å². The number of carbonyl (C=O) groups excluding carboxylic acids is 1. The quantitative estimate of drug-likeness (QED) is 0.318. The zero-order chi connectivity index (χ0) is 21.8. The summed E-state index contributed by atoms with van der Waals surface area (Å²) in [6.45, 7) is 4.53. The predicted molar refractivity (Wildman–Crippen MR) is 128 cm³/mol. The normalized spacial score (nSPS) is 11.0. The maximum absolute atomic E-state index is 13.1. The molecule has 2 aromatic carbocycles. The second-order valence-corrected chi connectivity index (χ2v) is 8.85. The number of nitrogens with one attached hydrogen (secondary N) is 1. The summed E-state index contributed by atoms with van der Waals surface area (Å²) in [5, 5.41) is 3.44. The topological polar surface area (TPSA) is 76.9 Å². The van der Waals surface area contributed by atoms with Crippen LogP contribution in [0.2, 0.25) is 0 Å². The number of carbonyl (C=O) groups is 1. The molecule has 8 heteroatoms. The van der Waals surface area contributed by atoms with E-state index >= 15 is 0 Å². The summed E-state index contributed by atoms with van der Waals surface area (Å²) in [6, 6.07) is 17.4. The minimum Gasteiger partial charge on any atom is -0.325 e. The maximum Gasteiger partial charge on any atom is 0.273 e. The number of thioether (sulfide) groups is 1. The minimum absolute atomic E-state index is 0.104. The predicted octanol–water partition coefficient (Wildman–Crippen LogP) is 4.97. The lowest BCUT2D eigenvalue weighted by Crippen LogP contribution is -2.23. The van der Waals surface area contributed by atoms with Crippen molar-refractivity contribution in [2.45, 2.75) is 32.0 Å². The average Bonchev–Trinajstić information content (AvgIpc) is 3.19. The van der Waals surface area contributed by atoms with E-state index in [1.54, 1.807) is 4.57 Å². The van der Waals surface area contributed by atoms with E-state index in [1.807, 2.05) is 68.4 Å². The third kappa shape index (κ3) is 4.70. The first kappa shape index (κ1) is 21.3. The molecule has 0 saturated heterocycles. The van der Waals surface area contributed by atoms with E-state index in [2.05, 4.69) is 9.69 Å². The monoisotopic (exact) mass is 450 g/mol. The van der Waals surface area contributed by atoms with Crippen LogP contribution in [0.15, 0.2) is 64.5 Å². The van der Waals surface area contributed by atoms with E-state index < -0.39 is 0 Å². The SMILES string of the molecule is CCCn1c(SCC(=O)Nc2cccc(C)c2)nc2c(-c3ccccc3)nsc2c1=O. The molecule has 0 saturated carbocycles. The molecule has 31 heavy (non-hydrogen) atoms. The fourth-order valence-electron chi connectivity index (χ4n) is 3.26. The van der Waals surface area contributed by atoms with Crippen LogP contribution in [0.5, 0.6) is 0 Å². The molecule has 1 N–H and O–H groups in total. The zero-order valence-electron chi connectivity index (χ0n) is 17.3. The highest BCUT2D eigenvalue weighted by Gasteiger charge is 2.18. The van der Waals surface area contributed by atoms with Gasteiger partial charge in [0.2, 0.25) is 5.91 Å². The molecule has 0 aliphatic rings. The van der Waals surface area contributed by atoms with Gasteiger partial charge in [-0.25, -0.2) is 4.98 Å². The van der Waals surface area contributed by atoms with E-state index in [-0.39, 0.29) is 17.2 Å². The van der Waals surface area contributed by atoms with Crippen LogP contribution in [0.3, 0.4) is 0 Å². The number of anilines is 1. The standard InChI is InChI=1S/C23H22N4O2S2/c1-3-12-27-22(29)21-20(19(26-31-21)16-9-5-4-6-10-16)25-23(27)30-14-18(28)24-17-11-7-8-15(2)13-17/h4-11,13H,3,12,14H2,1-2H3,(H,24,28). The lowest BCUT2D eigenvalue weighted by molar-refractivity contribution is -0.113. The average molecular weight is 451 g/mol. The molecule has 4 rings (SSSR count). The van der Waals surface area contributed by atoms with Crippen molar-refractivity contribution in [1.82, 2.24) is 13.9 Å². The van der Waals surface area contributed by atoms with Crippen LogP contribution < -0.4 is 10.9 Å². The minimum atomic E-state index is -0.139. The van der Waals surface area contributed by atoms with E-state index in [9.17, 15) is 9.59 Å². The van der Waals surface area contributed by atoms with Crippen LogP contribution >= 0.6 is 23.3 Å². The number of aromatic nitrogens is 3. The van der Waals surface area contributed by atoms with Gasteiger partial charge in [-0.15, -0.1) is 0 Å². The lowest BCUT2D eigenvalue weighted by Gasteiger charge is -2.11. The Balaban J connectivity index is 1.64. The smallest absolute Gasteiger partial charge is 0.273 e. The fraction of sp³-hybridized carbons (Fsp3) is 0.217. The van der Waals surface area contributed by atoms with Gasteiger partial charge in [0.15, 0.2) is 5.16 Å². The molecule has 0 bridgehead atoms. The Morgan fingerprint density at radius 3 is 2.71 bits per heavy atom. The molecular weight excluding hydrogens is 428 g/mol. The lowest BCUT2D eigenvalue weighted by atomic mass is 10.1. The summed E-state index contributed by atoms with van der Waals surface area (Å²) in [5.74, 6) is 0.0214. The number of rotatable bonds is 7. The van der Waals surface area contributed by atoms with Gasteiger partial charge in [0.25, 0.3) is 5.56 Å². The number of fused-ring (bicyclic) bond motifs is 1. The third-order valence-corrected chi connectivity index (χ3v) is 6.47. The highest BCUT2D eigenvalue weighted by atomic mass is 32.2. The Hall–Kier alpha value is -2.97. The van der Waals surface area contributed by atoms with Gasteiger partial charge in [0, 0.05) is 17.8 Å². The maximum atomic E-state index is 13.1. The molecule has 0 spiro atoms. The molecule has 2 aromatic heterocycles.